The maximum absolute atomic E-state index is 11.8. The summed E-state index contributed by atoms with van der Waals surface area (Å²) in [6, 6.07) is 0.142. The number of nitrogens with zero attached hydrogens (tertiary/aromatic N) is 2. The lowest BCUT2D eigenvalue weighted by Gasteiger charge is -2.11. The maximum atomic E-state index is 11.8. The molecular formula is C13H21N3O2. The number of nitrogens with two attached hydrogens (primary N) is 1. The van der Waals surface area contributed by atoms with Crippen LogP contribution in [0.5, 0.6) is 0 Å². The first-order valence-electron chi connectivity index (χ1n) is 6.52. The molecule has 0 radical (unpaired) electrons. The minimum absolute atomic E-state index is 0.142. The van der Waals surface area contributed by atoms with Crippen molar-refractivity contribution < 1.29 is 9.53 Å². The minimum Gasteiger partial charge on any atom is -0.464 e. The van der Waals surface area contributed by atoms with Gasteiger partial charge in [-0.05, 0) is 32.6 Å². The number of hydrogen-bond donors (Lipinski definition) is 1. The maximum Gasteiger partial charge on any atom is 0.358 e. The van der Waals surface area contributed by atoms with Crippen LogP contribution < -0.4 is 5.73 Å². The third kappa shape index (κ3) is 2.09. The number of methoxy groups -OCH3 is 1. The lowest BCUT2D eigenvalue weighted by Crippen LogP contribution is -2.08. The van der Waals surface area contributed by atoms with Crippen LogP contribution >= 0.6 is 0 Å². The van der Waals surface area contributed by atoms with Crippen LogP contribution in [0.1, 0.15) is 67.5 Å². The second-order valence-corrected chi connectivity index (χ2v) is 5.16. The van der Waals surface area contributed by atoms with Gasteiger partial charge in [0.1, 0.15) is 5.82 Å². The fourth-order valence-electron chi connectivity index (χ4n) is 2.72. The van der Waals surface area contributed by atoms with Crippen LogP contribution in [-0.2, 0) is 4.74 Å². The molecule has 0 amide bonds. The SMILES string of the molecule is COC(=O)c1nn(C(C)C)c(N)c1C1CCCC1. The first-order chi connectivity index (χ1) is 8.56. The molecule has 2 N–H and O–H groups in total. The molecule has 0 saturated heterocycles. The molecule has 2 rings (SSSR count). The van der Waals surface area contributed by atoms with Crippen LogP contribution in [0.25, 0.3) is 0 Å². The van der Waals surface area contributed by atoms with Gasteiger partial charge in [0.15, 0.2) is 5.69 Å². The summed E-state index contributed by atoms with van der Waals surface area (Å²) in [5.41, 5.74) is 7.47. The van der Waals surface area contributed by atoms with Crippen LogP contribution in [0, 0.1) is 0 Å². The number of ether oxygens (including phenoxy) is 1. The number of nitrogen functional groups attached to an aromatic ring is 1. The van der Waals surface area contributed by atoms with Crippen molar-refractivity contribution in [1.29, 1.82) is 0 Å². The van der Waals surface area contributed by atoms with Crippen molar-refractivity contribution in [3.05, 3.63) is 11.3 Å². The van der Waals surface area contributed by atoms with E-state index in [2.05, 4.69) is 5.10 Å². The van der Waals surface area contributed by atoms with Crippen LogP contribution in [0.15, 0.2) is 0 Å². The minimum atomic E-state index is -0.386. The molecule has 100 valence electrons. The summed E-state index contributed by atoms with van der Waals surface area (Å²) >= 11 is 0. The van der Waals surface area contributed by atoms with E-state index in [-0.39, 0.29) is 12.0 Å². The highest BCUT2D eigenvalue weighted by atomic mass is 16.5. The zero-order valence-electron chi connectivity index (χ0n) is 11.3. The molecule has 1 aromatic rings. The van der Waals surface area contributed by atoms with Gasteiger partial charge in [-0.25, -0.2) is 9.48 Å². The molecule has 18 heavy (non-hydrogen) atoms. The normalized spacial score (nSPS) is 16.4. The Morgan fingerprint density at radius 2 is 2.06 bits per heavy atom. The fourth-order valence-corrected chi connectivity index (χ4v) is 2.72. The molecular weight excluding hydrogens is 230 g/mol. The average molecular weight is 251 g/mol. The Labute approximate surface area is 107 Å². The fraction of sp³-hybridized carbons (Fsp3) is 0.692. The van der Waals surface area contributed by atoms with Crippen LogP contribution in [-0.4, -0.2) is 22.9 Å². The van der Waals surface area contributed by atoms with E-state index in [1.807, 2.05) is 13.8 Å². The highest BCUT2D eigenvalue weighted by Crippen LogP contribution is 2.39. The average Bonchev–Trinajstić information content (AvgIpc) is 2.94. The molecule has 0 aliphatic heterocycles. The van der Waals surface area contributed by atoms with E-state index >= 15 is 0 Å². The van der Waals surface area contributed by atoms with Crippen molar-refractivity contribution >= 4 is 11.8 Å². The smallest absolute Gasteiger partial charge is 0.358 e. The Bertz CT molecular complexity index is 445. The van der Waals surface area contributed by atoms with Gasteiger partial charge >= 0.3 is 5.97 Å². The van der Waals surface area contributed by atoms with Crippen LogP contribution in [0.4, 0.5) is 5.82 Å². The second-order valence-electron chi connectivity index (χ2n) is 5.16. The molecule has 1 aromatic heterocycles. The molecule has 0 spiro atoms. The zero-order valence-corrected chi connectivity index (χ0v) is 11.3. The standard InChI is InChI=1S/C13H21N3O2/c1-8(2)16-12(14)10(9-6-4-5-7-9)11(15-16)13(17)18-3/h8-9H,4-7,14H2,1-3H3. The van der Waals surface area contributed by atoms with Gasteiger partial charge in [0, 0.05) is 11.6 Å². The van der Waals surface area contributed by atoms with Crippen LogP contribution in [0.2, 0.25) is 0 Å². The van der Waals surface area contributed by atoms with Gasteiger partial charge in [-0.2, -0.15) is 5.10 Å². The molecule has 1 fully saturated rings. The van der Waals surface area contributed by atoms with Gasteiger partial charge in [0.05, 0.1) is 7.11 Å². The van der Waals surface area contributed by atoms with Crippen LogP contribution in [0.3, 0.4) is 0 Å². The zero-order chi connectivity index (χ0) is 13.3. The first-order valence-corrected chi connectivity index (χ1v) is 6.52. The Morgan fingerprint density at radius 1 is 1.44 bits per heavy atom. The molecule has 0 atom stereocenters. The molecule has 5 heteroatoms. The monoisotopic (exact) mass is 251 g/mol. The van der Waals surface area contributed by atoms with Gasteiger partial charge in [-0.1, -0.05) is 12.8 Å². The third-order valence-electron chi connectivity index (χ3n) is 3.62. The van der Waals surface area contributed by atoms with Gasteiger partial charge < -0.3 is 10.5 Å². The van der Waals surface area contributed by atoms with E-state index in [9.17, 15) is 4.79 Å². The summed E-state index contributed by atoms with van der Waals surface area (Å²) in [7, 11) is 1.38. The Hall–Kier alpha value is -1.52. The second kappa shape index (κ2) is 5.00. The number of aromatic nitrogens is 2. The Morgan fingerprint density at radius 3 is 2.56 bits per heavy atom. The molecule has 1 aliphatic carbocycles. The summed E-state index contributed by atoms with van der Waals surface area (Å²) in [5, 5.41) is 4.34. The van der Waals surface area contributed by atoms with Crippen molar-refractivity contribution in [2.75, 3.05) is 12.8 Å². The topological polar surface area (TPSA) is 70.1 Å². The van der Waals surface area contributed by atoms with E-state index < -0.39 is 0 Å². The number of carbonyl (C=O) groups excluding carboxylic acids is 1. The highest BCUT2D eigenvalue weighted by Gasteiger charge is 2.30. The van der Waals surface area contributed by atoms with Gasteiger partial charge in [0.25, 0.3) is 0 Å². The lowest BCUT2D eigenvalue weighted by atomic mass is 9.97. The summed E-state index contributed by atoms with van der Waals surface area (Å²) < 4.78 is 6.54. The summed E-state index contributed by atoms with van der Waals surface area (Å²) in [5.74, 6) is 0.590. The van der Waals surface area contributed by atoms with Crippen molar-refractivity contribution in [1.82, 2.24) is 9.78 Å². The lowest BCUT2D eigenvalue weighted by molar-refractivity contribution is 0.0591. The molecule has 0 bridgehead atoms. The van der Waals surface area contributed by atoms with Gasteiger partial charge in [0.2, 0.25) is 0 Å². The summed E-state index contributed by atoms with van der Waals surface area (Å²) in [4.78, 5) is 11.8. The van der Waals surface area contributed by atoms with Gasteiger partial charge in [-0.15, -0.1) is 0 Å². The largest absolute Gasteiger partial charge is 0.464 e. The summed E-state index contributed by atoms with van der Waals surface area (Å²) in [6.45, 7) is 4.01. The van der Waals surface area contributed by atoms with Crippen molar-refractivity contribution in [2.24, 2.45) is 0 Å². The molecule has 0 aromatic carbocycles. The molecule has 0 unspecified atom stereocenters. The Kier molecular flexibility index (Phi) is 3.59. The van der Waals surface area contributed by atoms with E-state index in [4.69, 9.17) is 10.5 Å². The number of rotatable bonds is 3. The van der Waals surface area contributed by atoms with E-state index in [1.165, 1.54) is 20.0 Å². The molecule has 1 saturated carbocycles. The quantitative estimate of drug-likeness (QED) is 0.838. The highest BCUT2D eigenvalue weighted by molar-refractivity contribution is 5.90. The Balaban J connectivity index is 2.49. The third-order valence-corrected chi connectivity index (χ3v) is 3.62. The predicted octanol–water partition coefficient (Wildman–Crippen LogP) is 2.49. The van der Waals surface area contributed by atoms with Crippen molar-refractivity contribution in [3.8, 4) is 0 Å². The first kappa shape index (κ1) is 12.9. The molecule has 1 heterocycles. The number of hydrogen-bond acceptors (Lipinski definition) is 4. The van der Waals surface area contributed by atoms with E-state index in [0.29, 0.717) is 17.4 Å². The number of anilines is 1. The van der Waals surface area contributed by atoms with Gasteiger partial charge in [-0.3, -0.25) is 0 Å². The van der Waals surface area contributed by atoms with E-state index in [1.54, 1.807) is 4.68 Å². The summed E-state index contributed by atoms with van der Waals surface area (Å²) in [6.07, 6.45) is 4.55. The van der Waals surface area contributed by atoms with Crippen molar-refractivity contribution in [3.63, 3.8) is 0 Å². The predicted molar refractivity (Wildman–Crippen MR) is 69.6 cm³/mol. The molecule has 5 nitrogen and oxygen atoms in total. The number of carbonyl (C=O) groups is 1. The van der Waals surface area contributed by atoms with Crippen molar-refractivity contribution in [2.45, 2.75) is 51.5 Å². The number of esters is 1. The van der Waals surface area contributed by atoms with E-state index in [0.717, 1.165) is 18.4 Å². The molecule has 1 aliphatic rings.